The van der Waals surface area contributed by atoms with Crippen molar-refractivity contribution in [2.75, 3.05) is 18.1 Å². The van der Waals surface area contributed by atoms with Gasteiger partial charge >= 0.3 is 0 Å². The molecular formula is C17H18N2O6S. The van der Waals surface area contributed by atoms with Crippen molar-refractivity contribution in [2.45, 2.75) is 18.2 Å². The number of hydrogen-bond donors (Lipinski definition) is 2. The molecule has 0 saturated heterocycles. The van der Waals surface area contributed by atoms with E-state index in [9.17, 15) is 13.2 Å². The third-order valence-electron chi connectivity index (χ3n) is 3.61. The maximum atomic E-state index is 12.6. The molecule has 0 atom stereocenters. The fraction of sp³-hybridized carbons (Fsp3) is 0.235. The number of amides is 1. The highest BCUT2D eigenvalue weighted by Crippen LogP contribution is 2.35. The van der Waals surface area contributed by atoms with Gasteiger partial charge in [0, 0.05) is 6.07 Å². The third kappa shape index (κ3) is 3.67. The lowest BCUT2D eigenvalue weighted by Gasteiger charge is -2.12. The van der Waals surface area contributed by atoms with Gasteiger partial charge in [-0.25, -0.2) is 8.42 Å². The third-order valence-corrected chi connectivity index (χ3v) is 4.99. The number of primary amides is 1. The molecule has 2 aromatic rings. The molecule has 3 rings (SSSR count). The van der Waals surface area contributed by atoms with Gasteiger partial charge in [-0.1, -0.05) is 6.92 Å². The summed E-state index contributed by atoms with van der Waals surface area (Å²) in [6, 6.07) is 8.66. The van der Waals surface area contributed by atoms with Crippen molar-refractivity contribution in [3.05, 3.63) is 42.0 Å². The molecule has 0 saturated carbocycles. The van der Waals surface area contributed by atoms with Crippen LogP contribution < -0.4 is 24.7 Å². The minimum absolute atomic E-state index is 0.00649. The van der Waals surface area contributed by atoms with Gasteiger partial charge in [-0.15, -0.1) is 0 Å². The van der Waals surface area contributed by atoms with Crippen LogP contribution in [-0.4, -0.2) is 27.7 Å². The van der Waals surface area contributed by atoms with Crippen LogP contribution >= 0.6 is 0 Å². The zero-order valence-electron chi connectivity index (χ0n) is 14.0. The largest absolute Gasteiger partial charge is 0.493 e. The van der Waals surface area contributed by atoms with Gasteiger partial charge in [0.15, 0.2) is 11.5 Å². The zero-order chi connectivity index (χ0) is 18.7. The van der Waals surface area contributed by atoms with Crippen LogP contribution in [0.3, 0.4) is 0 Å². The molecule has 0 aromatic heterocycles. The Labute approximate surface area is 150 Å². The lowest BCUT2D eigenvalue weighted by molar-refractivity contribution is 0.0996. The first-order valence-corrected chi connectivity index (χ1v) is 9.38. The normalized spacial score (nSPS) is 12.7. The zero-order valence-corrected chi connectivity index (χ0v) is 14.8. The first-order valence-electron chi connectivity index (χ1n) is 7.90. The van der Waals surface area contributed by atoms with Crippen molar-refractivity contribution in [2.24, 2.45) is 5.73 Å². The molecule has 0 aliphatic carbocycles. The molecule has 0 bridgehead atoms. The minimum Gasteiger partial charge on any atom is -0.493 e. The first kappa shape index (κ1) is 17.9. The van der Waals surface area contributed by atoms with Gasteiger partial charge in [0.05, 0.1) is 22.8 Å². The number of hydrogen-bond acceptors (Lipinski definition) is 6. The number of nitrogens with one attached hydrogen (secondary N) is 1. The predicted octanol–water partition coefficient (Wildman–Crippen LogP) is 2.10. The number of rotatable bonds is 7. The predicted molar refractivity (Wildman–Crippen MR) is 94.1 cm³/mol. The Kier molecular flexibility index (Phi) is 4.90. The summed E-state index contributed by atoms with van der Waals surface area (Å²) < 4.78 is 43.5. The number of fused-ring (bicyclic) bond motifs is 1. The molecule has 1 aliphatic rings. The highest BCUT2D eigenvalue weighted by Gasteiger charge is 2.21. The average molecular weight is 378 g/mol. The molecule has 8 nitrogen and oxygen atoms in total. The molecule has 9 heteroatoms. The lowest BCUT2D eigenvalue weighted by atomic mass is 10.2. The Hall–Kier alpha value is -2.94. The second kappa shape index (κ2) is 7.12. The molecule has 1 aliphatic heterocycles. The number of anilines is 1. The fourth-order valence-electron chi connectivity index (χ4n) is 2.38. The van der Waals surface area contributed by atoms with E-state index in [0.29, 0.717) is 23.8 Å². The number of ether oxygens (including phenoxy) is 3. The molecule has 26 heavy (non-hydrogen) atoms. The summed E-state index contributed by atoms with van der Waals surface area (Å²) in [4.78, 5) is 11.5. The molecule has 0 fully saturated rings. The molecule has 1 heterocycles. The van der Waals surface area contributed by atoms with Crippen molar-refractivity contribution in [1.82, 2.24) is 0 Å². The molecule has 138 valence electrons. The topological polar surface area (TPSA) is 117 Å². The molecule has 3 N–H and O–H groups in total. The van der Waals surface area contributed by atoms with Gasteiger partial charge in [0.2, 0.25) is 6.79 Å². The molecule has 0 spiro atoms. The SMILES string of the molecule is CCCOc1ccc(S(=O)(=O)Nc2ccc3c(c2)OCO3)cc1C(N)=O. The van der Waals surface area contributed by atoms with E-state index in [2.05, 4.69) is 4.72 Å². The van der Waals surface area contributed by atoms with Gasteiger partial charge in [-0.05, 0) is 36.8 Å². The number of sulfonamides is 1. The summed E-state index contributed by atoms with van der Waals surface area (Å²) in [5, 5.41) is 0. The van der Waals surface area contributed by atoms with Crippen LogP contribution in [0, 0.1) is 0 Å². The van der Waals surface area contributed by atoms with Crippen LogP contribution in [0.1, 0.15) is 23.7 Å². The van der Waals surface area contributed by atoms with Crippen molar-refractivity contribution < 1.29 is 27.4 Å². The maximum absolute atomic E-state index is 12.6. The number of carbonyl (C=O) groups excluding carboxylic acids is 1. The molecule has 0 radical (unpaired) electrons. The summed E-state index contributed by atoms with van der Waals surface area (Å²) in [6.07, 6.45) is 0.740. The summed E-state index contributed by atoms with van der Waals surface area (Å²) in [7, 11) is -3.93. The lowest BCUT2D eigenvalue weighted by Crippen LogP contribution is -2.17. The van der Waals surface area contributed by atoms with Crippen molar-refractivity contribution in [3.63, 3.8) is 0 Å². The second-order valence-electron chi connectivity index (χ2n) is 5.54. The molecule has 1 amide bonds. The Bertz CT molecular complexity index is 942. The quantitative estimate of drug-likeness (QED) is 0.762. The summed E-state index contributed by atoms with van der Waals surface area (Å²) in [5.41, 5.74) is 5.66. The van der Waals surface area contributed by atoms with Crippen LogP contribution in [0.4, 0.5) is 5.69 Å². The Balaban J connectivity index is 1.89. The van der Waals surface area contributed by atoms with Crippen LogP contribution in [0.5, 0.6) is 17.2 Å². The number of nitrogens with two attached hydrogens (primary N) is 1. The van der Waals surface area contributed by atoms with E-state index in [-0.39, 0.29) is 23.0 Å². The van der Waals surface area contributed by atoms with E-state index >= 15 is 0 Å². The van der Waals surface area contributed by atoms with Crippen LogP contribution in [0.15, 0.2) is 41.3 Å². The van der Waals surface area contributed by atoms with E-state index in [1.807, 2.05) is 6.92 Å². The molecule has 0 unspecified atom stereocenters. The van der Waals surface area contributed by atoms with Gasteiger partial charge in [-0.2, -0.15) is 0 Å². The van der Waals surface area contributed by atoms with Gasteiger partial charge in [-0.3, -0.25) is 9.52 Å². The minimum atomic E-state index is -3.93. The van der Waals surface area contributed by atoms with E-state index in [4.69, 9.17) is 19.9 Å². The van der Waals surface area contributed by atoms with Gasteiger partial charge in [0.25, 0.3) is 15.9 Å². The highest BCUT2D eigenvalue weighted by molar-refractivity contribution is 7.92. The van der Waals surface area contributed by atoms with E-state index in [1.54, 1.807) is 12.1 Å². The van der Waals surface area contributed by atoms with E-state index < -0.39 is 15.9 Å². The Morgan fingerprint density at radius 3 is 2.69 bits per heavy atom. The van der Waals surface area contributed by atoms with Crippen molar-refractivity contribution >= 4 is 21.6 Å². The smallest absolute Gasteiger partial charge is 0.261 e. The first-order chi connectivity index (χ1) is 12.4. The number of carbonyl (C=O) groups is 1. The van der Waals surface area contributed by atoms with Crippen molar-refractivity contribution in [3.8, 4) is 17.2 Å². The fourth-order valence-corrected chi connectivity index (χ4v) is 3.46. The Morgan fingerprint density at radius 2 is 1.96 bits per heavy atom. The number of benzene rings is 2. The Morgan fingerprint density at radius 1 is 1.19 bits per heavy atom. The monoisotopic (exact) mass is 378 g/mol. The maximum Gasteiger partial charge on any atom is 0.261 e. The second-order valence-corrected chi connectivity index (χ2v) is 7.23. The average Bonchev–Trinajstić information content (AvgIpc) is 3.07. The van der Waals surface area contributed by atoms with Crippen LogP contribution in [0.2, 0.25) is 0 Å². The molecule has 2 aromatic carbocycles. The molecular weight excluding hydrogens is 360 g/mol. The van der Waals surface area contributed by atoms with Crippen LogP contribution in [0.25, 0.3) is 0 Å². The standard InChI is InChI=1S/C17H18N2O6S/c1-2-7-23-14-6-4-12(9-13(14)17(18)20)26(21,22)19-11-3-5-15-16(8-11)25-10-24-15/h3-6,8-9,19H,2,7,10H2,1H3,(H2,18,20). The summed E-state index contributed by atoms with van der Waals surface area (Å²) in [6.45, 7) is 2.40. The highest BCUT2D eigenvalue weighted by atomic mass is 32.2. The van der Waals surface area contributed by atoms with Gasteiger partial charge in [0.1, 0.15) is 5.75 Å². The van der Waals surface area contributed by atoms with Crippen molar-refractivity contribution in [1.29, 1.82) is 0 Å². The van der Waals surface area contributed by atoms with E-state index in [0.717, 1.165) is 6.42 Å². The summed E-state index contributed by atoms with van der Waals surface area (Å²) >= 11 is 0. The van der Waals surface area contributed by atoms with Crippen LogP contribution in [-0.2, 0) is 10.0 Å². The van der Waals surface area contributed by atoms with Gasteiger partial charge < -0.3 is 19.9 Å². The summed E-state index contributed by atoms with van der Waals surface area (Å²) in [5.74, 6) is 0.477. The van der Waals surface area contributed by atoms with E-state index in [1.165, 1.54) is 24.3 Å².